The summed E-state index contributed by atoms with van der Waals surface area (Å²) in [4.78, 5) is 89.2. The number of nitrogens with one attached hydrogen (secondary N) is 4. The number of nitrogens with zero attached hydrogens (tertiary/aromatic N) is 5. The minimum atomic E-state index is -3.83. The van der Waals surface area contributed by atoms with Crippen LogP contribution in [0.5, 0.6) is 0 Å². The lowest BCUT2D eigenvalue weighted by atomic mass is 10.0. The van der Waals surface area contributed by atoms with Crippen LogP contribution >= 0.6 is 7.60 Å². The lowest BCUT2D eigenvalue weighted by Crippen LogP contribution is -3.13. The highest BCUT2D eigenvalue weighted by atomic mass is 31.2. The molecule has 388 valence electrons. The molecule has 6 amide bonds. The summed E-state index contributed by atoms with van der Waals surface area (Å²) < 4.78 is 36.1. The Hall–Kier alpha value is -5.19. The molecule has 0 bridgehead atoms. The molecule has 3 atom stereocenters. The number of allylic oxidation sites excluding steroid dienone is 1. The number of benzene rings is 1. The van der Waals surface area contributed by atoms with E-state index in [-0.39, 0.29) is 68.6 Å². The number of hydrogen-bond acceptors (Lipinski definition) is 14. The van der Waals surface area contributed by atoms with Gasteiger partial charge in [0.05, 0.1) is 97.9 Å². The minimum absolute atomic E-state index is 0.0224. The van der Waals surface area contributed by atoms with Crippen LogP contribution in [-0.2, 0) is 71.8 Å². The molecule has 0 spiro atoms. The Bertz CT molecular complexity index is 2090. The highest BCUT2D eigenvalue weighted by Gasteiger charge is 2.28. The summed E-state index contributed by atoms with van der Waals surface area (Å²) in [6.45, 7) is 13.1. The first-order valence-corrected chi connectivity index (χ1v) is 25.8. The van der Waals surface area contributed by atoms with E-state index in [1.165, 1.54) is 28.9 Å². The third-order valence-corrected chi connectivity index (χ3v) is 12.9. The van der Waals surface area contributed by atoms with Crippen molar-refractivity contribution >= 4 is 48.7 Å². The second-order valence-corrected chi connectivity index (χ2v) is 19.7. The van der Waals surface area contributed by atoms with Gasteiger partial charge in [-0.1, -0.05) is 49.3 Å². The molecule has 1 fully saturated rings. The van der Waals surface area contributed by atoms with Crippen molar-refractivity contribution in [1.82, 2.24) is 35.4 Å². The first-order valence-electron chi connectivity index (χ1n) is 24.0. The van der Waals surface area contributed by atoms with E-state index in [1.807, 2.05) is 11.1 Å². The smallest absolute Gasteiger partial charge is 0.328 e. The van der Waals surface area contributed by atoms with Crippen molar-refractivity contribution in [2.24, 2.45) is 5.92 Å². The highest BCUT2D eigenvalue weighted by Crippen LogP contribution is 2.43. The average molecular weight is 1000 g/mol. The van der Waals surface area contributed by atoms with Crippen molar-refractivity contribution in [3.63, 3.8) is 0 Å². The van der Waals surface area contributed by atoms with Gasteiger partial charge in [0.2, 0.25) is 23.6 Å². The number of rotatable bonds is 33. The van der Waals surface area contributed by atoms with Crippen LogP contribution < -0.4 is 20.9 Å². The molecule has 70 heavy (non-hydrogen) atoms. The van der Waals surface area contributed by atoms with Crippen LogP contribution in [0.4, 0.5) is 5.69 Å². The Labute approximate surface area is 410 Å². The SMILES string of the molecule is C/C(=C\CCP(=O)(O)OCc1ccc(NC(=O)[C@H](C)NC(=O)[C@@H](NC(=O)CCOCCOCCOCCn2cc(C[NH+]3CCN(C(=O)CCCCCN4C(=O)C=CC4=O)CC3)nn2)C(C)C)cc1)CO. The molecule has 4 rings (SSSR count). The average Bonchev–Trinajstić information content (AvgIpc) is 3.92. The number of carbonyl (C=O) groups is 6. The molecule has 0 aliphatic carbocycles. The molecule has 0 saturated carbocycles. The minimum Gasteiger partial charge on any atom is -0.392 e. The maximum Gasteiger partial charge on any atom is 0.328 e. The summed E-state index contributed by atoms with van der Waals surface area (Å²) in [6.07, 6.45) is 9.06. The molecule has 1 saturated heterocycles. The van der Waals surface area contributed by atoms with E-state index in [9.17, 15) is 38.2 Å². The third-order valence-electron chi connectivity index (χ3n) is 11.5. The van der Waals surface area contributed by atoms with Crippen molar-refractivity contribution in [2.75, 3.05) is 90.5 Å². The summed E-state index contributed by atoms with van der Waals surface area (Å²) in [7, 11) is -3.83. The Morgan fingerprint density at radius 3 is 2.17 bits per heavy atom. The van der Waals surface area contributed by atoms with Crippen LogP contribution in [0.15, 0.2) is 54.3 Å². The van der Waals surface area contributed by atoms with Gasteiger partial charge in [-0.2, -0.15) is 0 Å². The fourth-order valence-corrected chi connectivity index (χ4v) is 8.23. The number of imide groups is 1. The van der Waals surface area contributed by atoms with Crippen molar-refractivity contribution < 1.29 is 67.0 Å². The van der Waals surface area contributed by atoms with Crippen LogP contribution in [0, 0.1) is 5.92 Å². The third kappa shape index (κ3) is 21.4. The zero-order valence-corrected chi connectivity index (χ0v) is 41.9. The lowest BCUT2D eigenvalue weighted by Gasteiger charge is -2.32. The number of amides is 6. The van der Waals surface area contributed by atoms with Gasteiger partial charge >= 0.3 is 7.60 Å². The van der Waals surface area contributed by atoms with E-state index in [0.717, 1.165) is 38.2 Å². The first kappa shape index (κ1) is 57.4. The molecule has 0 radical (unpaired) electrons. The first-order chi connectivity index (χ1) is 33.5. The fraction of sp³-hybridized carbons (Fsp3) is 0.617. The number of aromatic nitrogens is 3. The number of ether oxygens (including phenoxy) is 3. The monoisotopic (exact) mass is 1000 g/mol. The van der Waals surface area contributed by atoms with Crippen molar-refractivity contribution in [1.29, 1.82) is 0 Å². The largest absolute Gasteiger partial charge is 0.392 e. The summed E-state index contributed by atoms with van der Waals surface area (Å²) in [6, 6.07) is 4.70. The predicted octanol–water partition coefficient (Wildman–Crippen LogP) is 0.745. The number of unbranched alkanes of at least 4 members (excludes halogenated alkanes) is 2. The number of quaternary nitrogens is 1. The molecular weight excluding hydrogens is 930 g/mol. The van der Waals surface area contributed by atoms with Crippen molar-refractivity contribution in [2.45, 2.75) is 98.0 Å². The number of anilines is 1. The van der Waals surface area contributed by atoms with E-state index in [1.54, 1.807) is 55.8 Å². The highest BCUT2D eigenvalue weighted by molar-refractivity contribution is 7.52. The molecule has 1 aromatic carbocycles. The van der Waals surface area contributed by atoms with Gasteiger partial charge in [-0.3, -0.25) is 38.2 Å². The van der Waals surface area contributed by atoms with Gasteiger partial charge in [0.15, 0.2) is 0 Å². The van der Waals surface area contributed by atoms with Gasteiger partial charge < -0.3 is 54.5 Å². The van der Waals surface area contributed by atoms with Gasteiger partial charge in [-0.15, -0.1) is 5.10 Å². The molecule has 1 unspecified atom stereocenters. The summed E-state index contributed by atoms with van der Waals surface area (Å²) in [5, 5.41) is 25.7. The molecule has 6 N–H and O–H groups in total. The Kier molecular flexibility index (Phi) is 25.0. The Balaban J connectivity index is 0.979. The van der Waals surface area contributed by atoms with Crippen molar-refractivity contribution in [3.8, 4) is 0 Å². The van der Waals surface area contributed by atoms with E-state index < -0.39 is 31.5 Å². The van der Waals surface area contributed by atoms with Gasteiger partial charge in [0.1, 0.15) is 24.3 Å². The maximum atomic E-state index is 13.1. The van der Waals surface area contributed by atoms with Gasteiger partial charge in [0.25, 0.3) is 11.8 Å². The van der Waals surface area contributed by atoms with E-state index in [0.29, 0.717) is 88.7 Å². The quantitative estimate of drug-likeness (QED) is 0.0249. The molecule has 23 heteroatoms. The molecule has 1 aromatic heterocycles. The second-order valence-electron chi connectivity index (χ2n) is 17.7. The lowest BCUT2D eigenvalue weighted by molar-refractivity contribution is -0.917. The molecule has 3 heterocycles. The van der Waals surface area contributed by atoms with Gasteiger partial charge in [-0.05, 0) is 56.7 Å². The second kappa shape index (κ2) is 30.5. The summed E-state index contributed by atoms with van der Waals surface area (Å²) >= 11 is 0. The van der Waals surface area contributed by atoms with Crippen LogP contribution in [0.25, 0.3) is 0 Å². The van der Waals surface area contributed by atoms with E-state index >= 15 is 0 Å². The Morgan fingerprint density at radius 2 is 1.51 bits per heavy atom. The van der Waals surface area contributed by atoms with Crippen LogP contribution in [-0.4, -0.2) is 167 Å². The van der Waals surface area contributed by atoms with Gasteiger partial charge in [0, 0.05) is 37.2 Å². The van der Waals surface area contributed by atoms with Crippen LogP contribution in [0.3, 0.4) is 0 Å². The summed E-state index contributed by atoms with van der Waals surface area (Å²) in [5.41, 5.74) is 2.64. The maximum absolute atomic E-state index is 13.1. The zero-order valence-electron chi connectivity index (χ0n) is 41.0. The Morgan fingerprint density at radius 1 is 0.857 bits per heavy atom. The number of aliphatic hydroxyl groups excluding tert-OH is 1. The van der Waals surface area contributed by atoms with Gasteiger partial charge in [-0.25, -0.2) is 4.68 Å². The number of piperazine rings is 1. The fourth-order valence-electron chi connectivity index (χ4n) is 7.29. The van der Waals surface area contributed by atoms with E-state index in [4.69, 9.17) is 23.8 Å². The normalized spacial score (nSPS) is 16.1. The molecule has 22 nitrogen and oxygen atoms in total. The summed E-state index contributed by atoms with van der Waals surface area (Å²) in [5.74, 6) is -2.04. The standard InChI is InChI=1S/C47H72N9O13P/c1-35(2)45(47(63)48-37(4)46(62)49-39-13-11-38(12-14-39)34-69-70(64,65)30-8-9-36(3)33-57)50-41(58)17-24-66-26-28-68-29-27-67-25-23-55-32-40(51-52-55)31-53-19-21-54(22-20-53)42(59)10-6-5-7-18-56-43(60)15-16-44(56)61/h9,11-16,32,35,37,45,57H,5-8,10,17-31,33-34H2,1-4H3,(H,48,63)(H,49,62)(H,50,58)(H,64,65)/p+1/b36-9+/t37-,45-/m0/s1. The number of aliphatic hydroxyl groups is 1. The molecule has 2 aromatic rings. The molecule has 2 aliphatic heterocycles. The predicted molar refractivity (Wildman–Crippen MR) is 257 cm³/mol. The number of carbonyl (C=O) groups excluding carboxylic acids is 6. The molecule has 2 aliphatic rings. The van der Waals surface area contributed by atoms with Crippen LogP contribution in [0.1, 0.15) is 77.5 Å². The van der Waals surface area contributed by atoms with E-state index in [2.05, 4.69) is 26.3 Å². The molecular formula is C47H73N9O13P+. The topological polar surface area (TPSA) is 275 Å². The van der Waals surface area contributed by atoms with Crippen molar-refractivity contribution in [3.05, 3.63) is 65.5 Å². The zero-order chi connectivity index (χ0) is 50.9. The number of hydrogen-bond donors (Lipinski definition) is 6. The van der Waals surface area contributed by atoms with Crippen LogP contribution in [0.2, 0.25) is 0 Å².